The molecule has 2 rings (SSSR count). The Kier molecular flexibility index (Phi) is 3.87. The second kappa shape index (κ2) is 5.58. The lowest BCUT2D eigenvalue weighted by Gasteiger charge is -1.95. The summed E-state index contributed by atoms with van der Waals surface area (Å²) in [4.78, 5) is 24.1. The maximum Gasteiger partial charge on any atom is 0.269 e. The Labute approximate surface area is 114 Å². The molecule has 0 amide bonds. The van der Waals surface area contributed by atoms with Gasteiger partial charge in [0.1, 0.15) is 0 Å². The Bertz CT molecular complexity index is 641. The molecule has 19 heavy (non-hydrogen) atoms. The number of carbonyl (C=O) groups is 1. The number of allylic oxidation sites excluding steroid dienone is 1. The maximum atomic E-state index is 11.9. The highest BCUT2D eigenvalue weighted by atomic mass is 32.1. The third kappa shape index (κ3) is 3.35. The third-order valence-corrected chi connectivity index (χ3v) is 3.49. The van der Waals surface area contributed by atoms with Crippen molar-refractivity contribution >= 4 is 28.9 Å². The van der Waals surface area contributed by atoms with Crippen LogP contribution < -0.4 is 0 Å². The van der Waals surface area contributed by atoms with Crippen molar-refractivity contribution in [3.63, 3.8) is 0 Å². The molecular weight excluding hydrogens is 262 g/mol. The zero-order valence-corrected chi connectivity index (χ0v) is 11.0. The van der Waals surface area contributed by atoms with Crippen molar-refractivity contribution in [1.29, 1.82) is 0 Å². The summed E-state index contributed by atoms with van der Waals surface area (Å²) in [6, 6.07) is 9.52. The van der Waals surface area contributed by atoms with Gasteiger partial charge in [-0.05, 0) is 43.3 Å². The van der Waals surface area contributed by atoms with E-state index in [1.807, 2.05) is 19.1 Å². The molecular formula is C14H11NO3S. The van der Waals surface area contributed by atoms with E-state index in [4.69, 9.17) is 0 Å². The molecule has 1 aromatic carbocycles. The first-order valence-electron chi connectivity index (χ1n) is 5.59. The number of nitrogens with zero attached hydrogens (tertiary/aromatic N) is 1. The number of nitro benzene ring substituents is 1. The normalized spacial score (nSPS) is 10.8. The van der Waals surface area contributed by atoms with Gasteiger partial charge in [-0.3, -0.25) is 14.9 Å². The molecule has 0 atom stereocenters. The van der Waals surface area contributed by atoms with Crippen molar-refractivity contribution in [3.8, 4) is 0 Å². The molecule has 0 aliphatic carbocycles. The molecule has 96 valence electrons. The van der Waals surface area contributed by atoms with Crippen LogP contribution in [0.3, 0.4) is 0 Å². The van der Waals surface area contributed by atoms with Gasteiger partial charge in [-0.1, -0.05) is 0 Å². The predicted octanol–water partition coefficient (Wildman–Crippen LogP) is 3.86. The Balaban J connectivity index is 2.11. The zero-order valence-electron chi connectivity index (χ0n) is 10.2. The molecule has 0 spiro atoms. The van der Waals surface area contributed by atoms with Gasteiger partial charge in [-0.2, -0.15) is 0 Å². The van der Waals surface area contributed by atoms with Crippen LogP contribution in [0.4, 0.5) is 5.69 Å². The number of rotatable bonds is 4. The van der Waals surface area contributed by atoms with Crippen molar-refractivity contribution < 1.29 is 9.72 Å². The van der Waals surface area contributed by atoms with Gasteiger partial charge in [-0.15, -0.1) is 11.3 Å². The topological polar surface area (TPSA) is 60.2 Å². The minimum Gasteiger partial charge on any atom is -0.289 e. The Morgan fingerprint density at radius 1 is 1.21 bits per heavy atom. The van der Waals surface area contributed by atoms with Crippen LogP contribution in [0.2, 0.25) is 0 Å². The minimum absolute atomic E-state index is 0.0191. The van der Waals surface area contributed by atoms with Crippen molar-refractivity contribution in [3.05, 3.63) is 67.9 Å². The molecule has 0 radical (unpaired) electrons. The summed E-state index contributed by atoms with van der Waals surface area (Å²) in [6.45, 7) is 2.00. The summed E-state index contributed by atoms with van der Waals surface area (Å²) in [5.74, 6) is -0.166. The zero-order chi connectivity index (χ0) is 13.8. The average molecular weight is 273 g/mol. The number of aryl methyl sites for hydroxylation is 1. The molecule has 0 aliphatic rings. The first kappa shape index (κ1) is 13.2. The number of ketones is 1. The first-order valence-corrected chi connectivity index (χ1v) is 6.41. The fourth-order valence-electron chi connectivity index (χ4n) is 1.54. The van der Waals surface area contributed by atoms with Crippen LogP contribution in [-0.4, -0.2) is 10.7 Å². The second-order valence-electron chi connectivity index (χ2n) is 3.95. The fraction of sp³-hybridized carbons (Fsp3) is 0.0714. The third-order valence-electron chi connectivity index (χ3n) is 2.52. The van der Waals surface area contributed by atoms with Gasteiger partial charge in [0.2, 0.25) is 0 Å². The van der Waals surface area contributed by atoms with Crippen LogP contribution in [-0.2, 0) is 0 Å². The molecule has 2 aromatic rings. The Hall–Kier alpha value is -2.27. The van der Waals surface area contributed by atoms with Crippen molar-refractivity contribution in [2.24, 2.45) is 0 Å². The smallest absolute Gasteiger partial charge is 0.269 e. The highest BCUT2D eigenvalue weighted by molar-refractivity contribution is 7.12. The molecule has 1 aromatic heterocycles. The summed E-state index contributed by atoms with van der Waals surface area (Å²) in [5, 5.41) is 10.5. The SMILES string of the molecule is Cc1ccc(C=CC(=O)c2ccc([N+](=O)[O-])cc2)s1. The molecule has 5 heteroatoms. The number of carbonyl (C=O) groups excluding carboxylic acids is 1. The molecule has 4 nitrogen and oxygen atoms in total. The Morgan fingerprint density at radius 2 is 1.89 bits per heavy atom. The van der Waals surface area contributed by atoms with E-state index < -0.39 is 4.92 Å². The van der Waals surface area contributed by atoms with E-state index in [1.165, 1.54) is 35.2 Å². The lowest BCUT2D eigenvalue weighted by atomic mass is 10.1. The van der Waals surface area contributed by atoms with Crippen LogP contribution in [0, 0.1) is 17.0 Å². The van der Waals surface area contributed by atoms with Gasteiger partial charge in [-0.25, -0.2) is 0 Å². The van der Waals surface area contributed by atoms with Gasteiger partial charge in [0.25, 0.3) is 5.69 Å². The van der Waals surface area contributed by atoms with Gasteiger partial charge in [0, 0.05) is 27.5 Å². The molecule has 0 unspecified atom stereocenters. The quantitative estimate of drug-likeness (QED) is 0.368. The van der Waals surface area contributed by atoms with Gasteiger partial charge < -0.3 is 0 Å². The maximum absolute atomic E-state index is 11.9. The van der Waals surface area contributed by atoms with E-state index in [9.17, 15) is 14.9 Å². The standard InChI is InChI=1S/C14H11NO3S/c1-10-2-7-13(19-10)8-9-14(16)11-3-5-12(6-4-11)15(17)18/h2-9H,1H3. The van der Waals surface area contributed by atoms with Gasteiger partial charge in [0.15, 0.2) is 5.78 Å². The number of non-ortho nitro benzene ring substituents is 1. The van der Waals surface area contributed by atoms with E-state index in [0.29, 0.717) is 5.56 Å². The molecule has 0 bridgehead atoms. The molecule has 1 heterocycles. The molecule has 0 N–H and O–H groups in total. The predicted molar refractivity (Wildman–Crippen MR) is 75.5 cm³/mol. The fourth-order valence-corrected chi connectivity index (χ4v) is 2.32. The second-order valence-corrected chi connectivity index (χ2v) is 5.27. The van der Waals surface area contributed by atoms with Crippen LogP contribution >= 0.6 is 11.3 Å². The van der Waals surface area contributed by atoms with Gasteiger partial charge in [0.05, 0.1) is 4.92 Å². The monoisotopic (exact) mass is 273 g/mol. The van der Waals surface area contributed by atoms with E-state index in [1.54, 1.807) is 17.4 Å². The largest absolute Gasteiger partial charge is 0.289 e. The van der Waals surface area contributed by atoms with Crippen LogP contribution in [0.1, 0.15) is 20.1 Å². The molecule has 0 saturated heterocycles. The summed E-state index contributed by atoms with van der Waals surface area (Å²) < 4.78 is 0. The summed E-state index contributed by atoms with van der Waals surface area (Å²) in [5.41, 5.74) is 0.421. The Morgan fingerprint density at radius 3 is 2.42 bits per heavy atom. The van der Waals surface area contributed by atoms with E-state index in [2.05, 4.69) is 0 Å². The number of thiophene rings is 1. The molecule has 0 saturated carbocycles. The first-order chi connectivity index (χ1) is 9.06. The van der Waals surface area contributed by atoms with Crippen LogP contribution in [0.15, 0.2) is 42.5 Å². The molecule has 0 aliphatic heterocycles. The number of hydrogen-bond donors (Lipinski definition) is 0. The lowest BCUT2D eigenvalue weighted by Crippen LogP contribution is -1.94. The van der Waals surface area contributed by atoms with Crippen LogP contribution in [0.25, 0.3) is 6.08 Å². The van der Waals surface area contributed by atoms with Crippen molar-refractivity contribution in [1.82, 2.24) is 0 Å². The van der Waals surface area contributed by atoms with E-state index in [0.717, 1.165) is 4.88 Å². The summed E-state index contributed by atoms with van der Waals surface area (Å²) >= 11 is 1.60. The van der Waals surface area contributed by atoms with Crippen LogP contribution in [0.5, 0.6) is 0 Å². The van der Waals surface area contributed by atoms with E-state index >= 15 is 0 Å². The van der Waals surface area contributed by atoms with Gasteiger partial charge >= 0.3 is 0 Å². The molecule has 0 fully saturated rings. The number of nitro groups is 1. The lowest BCUT2D eigenvalue weighted by molar-refractivity contribution is -0.384. The summed E-state index contributed by atoms with van der Waals surface area (Å²) in [6.07, 6.45) is 3.23. The minimum atomic E-state index is -0.488. The highest BCUT2D eigenvalue weighted by Crippen LogP contribution is 2.17. The number of benzene rings is 1. The van der Waals surface area contributed by atoms with Crippen molar-refractivity contribution in [2.75, 3.05) is 0 Å². The number of hydrogen-bond acceptors (Lipinski definition) is 4. The van der Waals surface area contributed by atoms with Crippen molar-refractivity contribution in [2.45, 2.75) is 6.92 Å². The summed E-state index contributed by atoms with van der Waals surface area (Å²) in [7, 11) is 0. The van der Waals surface area contributed by atoms with E-state index in [-0.39, 0.29) is 11.5 Å². The average Bonchev–Trinajstić information content (AvgIpc) is 2.82. The highest BCUT2D eigenvalue weighted by Gasteiger charge is 2.07.